The van der Waals surface area contributed by atoms with E-state index >= 15 is 0 Å². The van der Waals surface area contributed by atoms with Crippen LogP contribution < -0.4 is 9.47 Å². The van der Waals surface area contributed by atoms with E-state index < -0.39 is 11.9 Å². The molecule has 0 radical (unpaired) electrons. The van der Waals surface area contributed by atoms with E-state index in [2.05, 4.69) is 9.39 Å². The molecule has 0 atom stereocenters. The van der Waals surface area contributed by atoms with Crippen molar-refractivity contribution in [2.75, 3.05) is 12.9 Å². The molecule has 0 saturated heterocycles. The highest BCUT2D eigenvalue weighted by atomic mass is 35.5. The summed E-state index contributed by atoms with van der Waals surface area (Å²) >= 11 is 8.86. The summed E-state index contributed by atoms with van der Waals surface area (Å²) < 4.78 is 20.0. The maximum atomic E-state index is 12.6. The van der Waals surface area contributed by atoms with Gasteiger partial charge in [-0.2, -0.15) is 9.39 Å². The molecule has 0 aliphatic carbocycles. The molecular formula is C20H15ClN4O5S2. The van der Waals surface area contributed by atoms with Crippen LogP contribution in [0.5, 0.6) is 11.5 Å². The fourth-order valence-electron chi connectivity index (χ4n) is 2.85. The largest absolute Gasteiger partial charge is 0.493 e. The second-order valence-corrected chi connectivity index (χ2v) is 8.61. The summed E-state index contributed by atoms with van der Waals surface area (Å²) in [5.41, 5.74) is 0.531. The lowest BCUT2D eigenvalue weighted by Crippen LogP contribution is -2.41. The Kier molecular flexibility index (Phi) is 6.40. The SMILES string of the molecule is CCSC1=NSC2=NC(=O)/C(=C\c3cc(Cl)c(OC(=O)c4ccco4)c(OC)c3)C(=N)N12. The number of carbonyl (C=O) groups is 2. The Morgan fingerprint density at radius 2 is 2.25 bits per heavy atom. The maximum absolute atomic E-state index is 12.6. The predicted molar refractivity (Wildman–Crippen MR) is 125 cm³/mol. The first-order chi connectivity index (χ1) is 15.4. The van der Waals surface area contributed by atoms with Crippen molar-refractivity contribution in [1.82, 2.24) is 4.90 Å². The molecule has 9 nitrogen and oxygen atoms in total. The molecule has 0 bridgehead atoms. The van der Waals surface area contributed by atoms with Crippen molar-refractivity contribution in [1.29, 1.82) is 5.41 Å². The average Bonchev–Trinajstić information content (AvgIpc) is 3.43. The van der Waals surface area contributed by atoms with Gasteiger partial charge in [0.25, 0.3) is 5.91 Å². The van der Waals surface area contributed by atoms with Gasteiger partial charge in [0.15, 0.2) is 16.7 Å². The van der Waals surface area contributed by atoms with Crippen LogP contribution in [0.15, 0.2) is 49.9 Å². The number of furan rings is 1. The first kappa shape index (κ1) is 22.2. The van der Waals surface area contributed by atoms with Gasteiger partial charge in [-0.25, -0.2) is 9.69 Å². The van der Waals surface area contributed by atoms with Gasteiger partial charge in [-0.15, -0.1) is 0 Å². The normalized spacial score (nSPS) is 16.7. The van der Waals surface area contributed by atoms with Crippen LogP contribution >= 0.6 is 35.3 Å². The highest BCUT2D eigenvalue weighted by Crippen LogP contribution is 2.38. The van der Waals surface area contributed by atoms with Crippen LogP contribution in [0.2, 0.25) is 5.02 Å². The van der Waals surface area contributed by atoms with Crippen molar-refractivity contribution in [3.8, 4) is 11.5 Å². The maximum Gasteiger partial charge on any atom is 0.379 e. The number of aliphatic imine (C=N–C) groups is 1. The molecule has 2 aromatic rings. The van der Waals surface area contributed by atoms with Crippen molar-refractivity contribution < 1.29 is 23.5 Å². The Hall–Kier alpha value is -3.02. The molecule has 164 valence electrons. The van der Waals surface area contributed by atoms with E-state index in [-0.39, 0.29) is 33.7 Å². The summed E-state index contributed by atoms with van der Waals surface area (Å²) in [5, 5.41) is 9.56. The molecule has 0 spiro atoms. The zero-order valence-corrected chi connectivity index (χ0v) is 19.1. The van der Waals surface area contributed by atoms with Crippen LogP contribution in [0.1, 0.15) is 23.0 Å². The van der Waals surface area contributed by atoms with Crippen molar-refractivity contribution in [3.63, 3.8) is 0 Å². The van der Waals surface area contributed by atoms with E-state index in [4.69, 9.17) is 30.9 Å². The summed E-state index contributed by atoms with van der Waals surface area (Å²) in [5.74, 6) is -0.386. The second-order valence-electron chi connectivity index (χ2n) is 6.24. The zero-order chi connectivity index (χ0) is 22.8. The molecule has 1 aromatic heterocycles. The van der Waals surface area contributed by atoms with E-state index in [0.717, 1.165) is 17.7 Å². The van der Waals surface area contributed by atoms with Gasteiger partial charge >= 0.3 is 5.97 Å². The van der Waals surface area contributed by atoms with Crippen molar-refractivity contribution >= 4 is 69.4 Å². The standard InChI is InChI=1S/C20H15ClN4O5S2/c1-3-31-20-24-32-19-23-17(26)11(16(22)25(19)20)7-10-8-12(21)15(14(9-10)28-2)30-18(27)13-5-4-6-29-13/h4-9,22H,3H2,1-2H3/b11-7-,22-16?. The smallest absolute Gasteiger partial charge is 0.379 e. The van der Waals surface area contributed by atoms with Crippen LogP contribution in [-0.2, 0) is 4.79 Å². The van der Waals surface area contributed by atoms with E-state index in [0.29, 0.717) is 15.9 Å². The first-order valence-electron chi connectivity index (χ1n) is 9.17. The number of amides is 1. The molecule has 2 aliphatic rings. The summed E-state index contributed by atoms with van der Waals surface area (Å²) in [6.07, 6.45) is 2.83. The van der Waals surface area contributed by atoms with Crippen molar-refractivity contribution in [3.05, 3.63) is 52.4 Å². The summed E-state index contributed by atoms with van der Waals surface area (Å²) in [6.45, 7) is 1.97. The fourth-order valence-corrected chi connectivity index (χ4v) is 4.68. The second kappa shape index (κ2) is 9.23. The van der Waals surface area contributed by atoms with Crippen LogP contribution in [0.25, 0.3) is 6.08 Å². The molecule has 3 heterocycles. The van der Waals surface area contributed by atoms with E-state index in [9.17, 15) is 9.59 Å². The van der Waals surface area contributed by atoms with Crippen LogP contribution in [0, 0.1) is 5.41 Å². The number of nitrogens with one attached hydrogen (secondary N) is 1. The third kappa shape index (κ3) is 4.18. The number of methoxy groups -OCH3 is 1. The Labute approximate surface area is 196 Å². The van der Waals surface area contributed by atoms with Crippen LogP contribution in [-0.4, -0.2) is 45.8 Å². The molecule has 0 saturated carbocycles. The summed E-state index contributed by atoms with van der Waals surface area (Å²) in [4.78, 5) is 30.4. The molecule has 12 heteroatoms. The van der Waals surface area contributed by atoms with Gasteiger partial charge in [0, 0.05) is 0 Å². The number of halogens is 1. The quantitative estimate of drug-likeness (QED) is 0.282. The fraction of sp³-hybridized carbons (Fsp3) is 0.150. The Bertz CT molecular complexity index is 1210. The van der Waals surface area contributed by atoms with E-state index in [1.807, 2.05) is 6.92 Å². The van der Waals surface area contributed by atoms with Gasteiger partial charge in [0.1, 0.15) is 5.84 Å². The number of amidine groups is 3. The highest BCUT2D eigenvalue weighted by molar-refractivity contribution is 8.19. The number of rotatable bonds is 5. The minimum atomic E-state index is -0.737. The minimum Gasteiger partial charge on any atom is -0.493 e. The minimum absolute atomic E-state index is 0.00720. The molecule has 0 fully saturated rings. The Morgan fingerprint density at radius 1 is 1.44 bits per heavy atom. The van der Waals surface area contributed by atoms with Gasteiger partial charge in [-0.1, -0.05) is 30.3 Å². The Morgan fingerprint density at radius 3 is 2.94 bits per heavy atom. The first-order valence-corrected chi connectivity index (χ1v) is 11.3. The number of hydrogen-bond acceptors (Lipinski definition) is 9. The van der Waals surface area contributed by atoms with Gasteiger partial charge < -0.3 is 13.9 Å². The van der Waals surface area contributed by atoms with E-state index in [1.165, 1.54) is 54.3 Å². The van der Waals surface area contributed by atoms with Gasteiger partial charge in [-0.05, 0) is 41.7 Å². The third-order valence-corrected chi connectivity index (χ3v) is 6.17. The molecular weight excluding hydrogens is 476 g/mol. The monoisotopic (exact) mass is 490 g/mol. The molecule has 4 rings (SSSR count). The molecule has 1 amide bonds. The number of nitrogens with zero attached hydrogens (tertiary/aromatic N) is 3. The number of fused-ring (bicyclic) bond motifs is 1. The number of carbonyl (C=O) groups excluding carboxylic acids is 2. The molecule has 1 N–H and O–H groups in total. The van der Waals surface area contributed by atoms with Gasteiger partial charge in [0.2, 0.25) is 10.9 Å². The number of hydrogen-bond donors (Lipinski definition) is 1. The third-order valence-electron chi connectivity index (χ3n) is 4.25. The van der Waals surface area contributed by atoms with Gasteiger partial charge in [-0.3, -0.25) is 10.2 Å². The van der Waals surface area contributed by atoms with Crippen LogP contribution in [0.3, 0.4) is 0 Å². The Balaban J connectivity index is 1.66. The van der Waals surface area contributed by atoms with Gasteiger partial charge in [0.05, 0.1) is 35.9 Å². The summed E-state index contributed by atoms with van der Waals surface area (Å²) in [6, 6.07) is 6.05. The lowest BCUT2D eigenvalue weighted by molar-refractivity contribution is -0.114. The van der Waals surface area contributed by atoms with Crippen molar-refractivity contribution in [2.45, 2.75) is 6.92 Å². The van der Waals surface area contributed by atoms with Crippen LogP contribution in [0.4, 0.5) is 0 Å². The number of benzene rings is 1. The average molecular weight is 491 g/mol. The lowest BCUT2D eigenvalue weighted by atomic mass is 10.1. The predicted octanol–water partition coefficient (Wildman–Crippen LogP) is 4.49. The highest BCUT2D eigenvalue weighted by Gasteiger charge is 2.37. The molecule has 1 aromatic carbocycles. The van der Waals surface area contributed by atoms with Crippen molar-refractivity contribution in [2.24, 2.45) is 9.39 Å². The zero-order valence-electron chi connectivity index (χ0n) is 16.7. The number of ether oxygens (including phenoxy) is 2. The molecule has 0 unspecified atom stereocenters. The summed E-state index contributed by atoms with van der Waals surface area (Å²) in [7, 11) is 1.39. The topological polar surface area (TPSA) is 118 Å². The lowest BCUT2D eigenvalue weighted by Gasteiger charge is -2.24. The molecule has 2 aliphatic heterocycles. The number of thioether (sulfide) groups is 1. The molecule has 32 heavy (non-hydrogen) atoms. The number of esters is 1. The van der Waals surface area contributed by atoms with E-state index in [1.54, 1.807) is 6.07 Å².